The van der Waals surface area contributed by atoms with E-state index in [0.717, 1.165) is 11.8 Å². The van der Waals surface area contributed by atoms with Crippen molar-refractivity contribution in [2.24, 2.45) is 11.8 Å². The number of fused-ring (bicyclic) bond motifs is 1. The van der Waals surface area contributed by atoms with E-state index in [2.05, 4.69) is 25.7 Å². The molecule has 0 radical (unpaired) electrons. The fourth-order valence-corrected chi connectivity index (χ4v) is 2.95. The van der Waals surface area contributed by atoms with Gasteiger partial charge in [-0.2, -0.15) is 0 Å². The zero-order chi connectivity index (χ0) is 9.47. The molecule has 0 unspecified atom stereocenters. The van der Waals surface area contributed by atoms with Gasteiger partial charge in [0.25, 0.3) is 0 Å². The van der Waals surface area contributed by atoms with Crippen LogP contribution >= 0.6 is 0 Å². The van der Waals surface area contributed by atoms with Crippen molar-refractivity contribution in [1.29, 1.82) is 0 Å². The summed E-state index contributed by atoms with van der Waals surface area (Å²) in [6.45, 7) is 9.79. The molecule has 2 fully saturated rings. The van der Waals surface area contributed by atoms with E-state index in [0.29, 0.717) is 5.54 Å². The van der Waals surface area contributed by atoms with E-state index in [-0.39, 0.29) is 0 Å². The number of nitrogens with zero attached hydrogens (tertiary/aromatic N) is 1. The van der Waals surface area contributed by atoms with Gasteiger partial charge in [0.1, 0.15) is 0 Å². The van der Waals surface area contributed by atoms with Gasteiger partial charge in [0, 0.05) is 18.6 Å². The summed E-state index contributed by atoms with van der Waals surface area (Å²) in [5.74, 6) is 2.07. The van der Waals surface area contributed by atoms with Crippen molar-refractivity contribution in [2.75, 3.05) is 13.1 Å². The third-order valence-corrected chi connectivity index (χ3v) is 3.92. The average molecular weight is 181 g/mol. The molecule has 2 rings (SSSR count). The first-order valence-electron chi connectivity index (χ1n) is 5.82. The van der Waals surface area contributed by atoms with Crippen molar-refractivity contribution >= 4 is 0 Å². The third kappa shape index (κ3) is 1.90. The standard InChI is InChI=1S/C12H23N/c1-12(2,3)13-8-10-6-4-5-7-11(10)9-13/h10-11H,4-9H2,1-3H3/t10-,11+. The van der Waals surface area contributed by atoms with Crippen molar-refractivity contribution < 1.29 is 0 Å². The van der Waals surface area contributed by atoms with Crippen LogP contribution in [0.2, 0.25) is 0 Å². The zero-order valence-corrected chi connectivity index (χ0v) is 9.34. The first-order chi connectivity index (χ1) is 6.07. The Morgan fingerprint density at radius 2 is 1.38 bits per heavy atom. The summed E-state index contributed by atoms with van der Waals surface area (Å²) in [6.07, 6.45) is 5.97. The second-order valence-corrected chi connectivity index (χ2v) is 5.88. The summed E-state index contributed by atoms with van der Waals surface area (Å²) in [6, 6.07) is 0. The van der Waals surface area contributed by atoms with Gasteiger partial charge in [-0.25, -0.2) is 0 Å². The Labute approximate surface area is 82.5 Å². The number of rotatable bonds is 0. The van der Waals surface area contributed by atoms with Crippen LogP contribution in [0.15, 0.2) is 0 Å². The smallest absolute Gasteiger partial charge is 0.0125 e. The van der Waals surface area contributed by atoms with Gasteiger partial charge in [-0.05, 0) is 45.4 Å². The summed E-state index contributed by atoms with van der Waals surface area (Å²) in [5.41, 5.74) is 0.400. The summed E-state index contributed by atoms with van der Waals surface area (Å²) >= 11 is 0. The maximum Gasteiger partial charge on any atom is 0.0125 e. The molecule has 13 heavy (non-hydrogen) atoms. The van der Waals surface area contributed by atoms with Crippen molar-refractivity contribution in [1.82, 2.24) is 4.90 Å². The van der Waals surface area contributed by atoms with Gasteiger partial charge in [-0.1, -0.05) is 12.8 Å². The van der Waals surface area contributed by atoms with Crippen molar-refractivity contribution in [2.45, 2.75) is 52.0 Å². The topological polar surface area (TPSA) is 3.24 Å². The number of likely N-dealkylation sites (tertiary alicyclic amines) is 1. The van der Waals surface area contributed by atoms with Crippen LogP contribution in [0.25, 0.3) is 0 Å². The van der Waals surface area contributed by atoms with Gasteiger partial charge in [0.2, 0.25) is 0 Å². The molecule has 0 amide bonds. The van der Waals surface area contributed by atoms with E-state index in [1.54, 1.807) is 0 Å². The van der Waals surface area contributed by atoms with Gasteiger partial charge in [0.15, 0.2) is 0 Å². The quantitative estimate of drug-likeness (QED) is 0.555. The lowest BCUT2D eigenvalue weighted by Crippen LogP contribution is -2.39. The molecule has 76 valence electrons. The van der Waals surface area contributed by atoms with Gasteiger partial charge < -0.3 is 0 Å². The molecule has 0 aromatic heterocycles. The van der Waals surface area contributed by atoms with Crippen LogP contribution in [0.1, 0.15) is 46.5 Å². The number of hydrogen-bond donors (Lipinski definition) is 0. The maximum atomic E-state index is 2.69. The lowest BCUT2D eigenvalue weighted by Gasteiger charge is -2.31. The Bertz CT molecular complexity index is 166. The molecule has 0 aromatic carbocycles. The second kappa shape index (κ2) is 3.27. The Hall–Kier alpha value is -0.0400. The van der Waals surface area contributed by atoms with Crippen molar-refractivity contribution in [3.63, 3.8) is 0 Å². The van der Waals surface area contributed by atoms with Crippen LogP contribution in [0.4, 0.5) is 0 Å². The molecule has 1 aliphatic heterocycles. The Morgan fingerprint density at radius 3 is 1.77 bits per heavy atom. The zero-order valence-electron chi connectivity index (χ0n) is 9.34. The van der Waals surface area contributed by atoms with Crippen LogP contribution in [-0.4, -0.2) is 23.5 Å². The third-order valence-electron chi connectivity index (χ3n) is 3.92. The van der Waals surface area contributed by atoms with E-state index in [1.807, 2.05) is 0 Å². The van der Waals surface area contributed by atoms with E-state index in [9.17, 15) is 0 Å². The average Bonchev–Trinajstić information content (AvgIpc) is 2.45. The van der Waals surface area contributed by atoms with E-state index < -0.39 is 0 Å². The Kier molecular flexibility index (Phi) is 2.39. The molecule has 1 aliphatic carbocycles. The van der Waals surface area contributed by atoms with Crippen LogP contribution < -0.4 is 0 Å². The van der Waals surface area contributed by atoms with Gasteiger partial charge >= 0.3 is 0 Å². The van der Waals surface area contributed by atoms with Crippen LogP contribution in [-0.2, 0) is 0 Å². The number of hydrogen-bond acceptors (Lipinski definition) is 1. The largest absolute Gasteiger partial charge is 0.298 e. The van der Waals surface area contributed by atoms with Crippen LogP contribution in [0, 0.1) is 11.8 Å². The summed E-state index contributed by atoms with van der Waals surface area (Å²) in [7, 11) is 0. The summed E-state index contributed by atoms with van der Waals surface area (Å²) < 4.78 is 0. The predicted molar refractivity (Wildman–Crippen MR) is 56.8 cm³/mol. The van der Waals surface area contributed by atoms with E-state index >= 15 is 0 Å². The molecule has 1 saturated heterocycles. The monoisotopic (exact) mass is 181 g/mol. The molecule has 1 saturated carbocycles. The molecule has 1 nitrogen and oxygen atoms in total. The van der Waals surface area contributed by atoms with Crippen LogP contribution in [0.5, 0.6) is 0 Å². The first-order valence-corrected chi connectivity index (χ1v) is 5.82. The summed E-state index contributed by atoms with van der Waals surface area (Å²) in [5, 5.41) is 0. The van der Waals surface area contributed by atoms with E-state index in [4.69, 9.17) is 0 Å². The Morgan fingerprint density at radius 1 is 0.923 bits per heavy atom. The molecular formula is C12H23N. The predicted octanol–water partition coefficient (Wildman–Crippen LogP) is 2.91. The molecule has 0 N–H and O–H groups in total. The van der Waals surface area contributed by atoms with Crippen molar-refractivity contribution in [3.05, 3.63) is 0 Å². The molecule has 1 heterocycles. The molecule has 2 atom stereocenters. The minimum atomic E-state index is 0.400. The molecular weight excluding hydrogens is 158 g/mol. The van der Waals surface area contributed by atoms with Crippen LogP contribution in [0.3, 0.4) is 0 Å². The second-order valence-electron chi connectivity index (χ2n) is 5.88. The first kappa shape index (κ1) is 9.51. The minimum Gasteiger partial charge on any atom is -0.298 e. The molecule has 1 heteroatoms. The fourth-order valence-electron chi connectivity index (χ4n) is 2.95. The molecule has 0 spiro atoms. The molecule has 2 aliphatic rings. The fraction of sp³-hybridized carbons (Fsp3) is 1.00. The molecule has 0 bridgehead atoms. The lowest BCUT2D eigenvalue weighted by molar-refractivity contribution is 0.165. The normalized spacial score (nSPS) is 36.2. The van der Waals surface area contributed by atoms with Gasteiger partial charge in [-0.15, -0.1) is 0 Å². The maximum absolute atomic E-state index is 2.69. The van der Waals surface area contributed by atoms with Crippen molar-refractivity contribution in [3.8, 4) is 0 Å². The van der Waals surface area contributed by atoms with E-state index in [1.165, 1.54) is 38.8 Å². The highest BCUT2D eigenvalue weighted by Gasteiger charge is 2.38. The highest BCUT2D eigenvalue weighted by molar-refractivity contribution is 4.91. The highest BCUT2D eigenvalue weighted by atomic mass is 15.2. The SMILES string of the molecule is CC(C)(C)N1C[C@H]2CCCC[C@H]2C1. The lowest BCUT2D eigenvalue weighted by atomic mass is 9.82. The molecule has 0 aromatic rings. The highest BCUT2D eigenvalue weighted by Crippen LogP contribution is 2.38. The minimum absolute atomic E-state index is 0.400. The summed E-state index contributed by atoms with van der Waals surface area (Å²) in [4.78, 5) is 2.69. The Balaban J connectivity index is 1.99. The van der Waals surface area contributed by atoms with Gasteiger partial charge in [-0.3, -0.25) is 4.90 Å². The van der Waals surface area contributed by atoms with Gasteiger partial charge in [0.05, 0.1) is 0 Å².